The number of hydrogen-bond acceptors (Lipinski definition) is 3. The highest BCUT2D eigenvalue weighted by Crippen LogP contribution is 2.27. The van der Waals surface area contributed by atoms with Gasteiger partial charge in [-0.15, -0.1) is 0 Å². The van der Waals surface area contributed by atoms with Crippen molar-refractivity contribution in [2.45, 2.75) is 25.8 Å². The average molecular weight is 331 g/mol. The molecule has 0 aliphatic rings. The van der Waals surface area contributed by atoms with E-state index in [-0.39, 0.29) is 11.8 Å². The summed E-state index contributed by atoms with van der Waals surface area (Å²) in [5.74, 6) is 0.0449. The molecule has 0 bridgehead atoms. The van der Waals surface area contributed by atoms with E-state index < -0.39 is 0 Å². The van der Waals surface area contributed by atoms with Crippen molar-refractivity contribution in [1.29, 1.82) is 0 Å². The lowest BCUT2D eigenvalue weighted by Gasteiger charge is -2.18. The van der Waals surface area contributed by atoms with Crippen LogP contribution in [-0.4, -0.2) is 15.9 Å². The highest BCUT2D eigenvalue weighted by atomic mass is 16.1. The maximum Gasteiger partial charge on any atom is 0.221 e. The van der Waals surface area contributed by atoms with Crippen LogP contribution in [0.2, 0.25) is 0 Å². The van der Waals surface area contributed by atoms with Gasteiger partial charge in [0.15, 0.2) is 0 Å². The Morgan fingerprint density at radius 1 is 0.960 bits per heavy atom. The summed E-state index contributed by atoms with van der Waals surface area (Å²) in [7, 11) is 0. The third kappa shape index (κ3) is 4.73. The molecule has 0 saturated heterocycles. The highest BCUT2D eigenvalue weighted by molar-refractivity contribution is 5.77. The number of hydrogen-bond donors (Lipinski definition) is 1. The Labute approximate surface area is 148 Å². The Hall–Kier alpha value is -3.01. The summed E-state index contributed by atoms with van der Waals surface area (Å²) in [6, 6.07) is 22.2. The molecule has 3 aromatic rings. The zero-order chi connectivity index (χ0) is 17.5. The Balaban J connectivity index is 1.71. The lowest BCUT2D eigenvalue weighted by atomic mass is 9.88. The average Bonchev–Trinajstić information content (AvgIpc) is 2.66. The van der Waals surface area contributed by atoms with Gasteiger partial charge in [-0.2, -0.15) is 0 Å². The molecule has 0 fully saturated rings. The zero-order valence-corrected chi connectivity index (χ0v) is 14.2. The molecule has 4 heteroatoms. The number of carbonyl (C=O) groups excluding carboxylic acids is 1. The second kappa shape index (κ2) is 8.20. The molecule has 0 atom stereocenters. The van der Waals surface area contributed by atoms with Crippen molar-refractivity contribution in [2.75, 3.05) is 0 Å². The van der Waals surface area contributed by atoms with Gasteiger partial charge in [0.05, 0.1) is 12.2 Å². The molecule has 2 aromatic carbocycles. The molecule has 0 unspecified atom stereocenters. The molecule has 0 aliphatic carbocycles. The fourth-order valence-corrected chi connectivity index (χ4v) is 2.85. The fraction of sp³-hybridized carbons (Fsp3) is 0.190. The second-order valence-electron chi connectivity index (χ2n) is 6.01. The van der Waals surface area contributed by atoms with Crippen LogP contribution in [0.15, 0.2) is 73.1 Å². The molecule has 0 saturated carbocycles. The summed E-state index contributed by atoms with van der Waals surface area (Å²) in [6.45, 7) is 2.33. The number of nitrogens with zero attached hydrogens (tertiary/aromatic N) is 2. The molecule has 0 aliphatic heterocycles. The number of aryl methyl sites for hydroxylation is 1. The molecular weight excluding hydrogens is 310 g/mol. The predicted molar refractivity (Wildman–Crippen MR) is 98.0 cm³/mol. The van der Waals surface area contributed by atoms with Crippen LogP contribution >= 0.6 is 0 Å². The van der Waals surface area contributed by atoms with E-state index in [1.165, 1.54) is 6.33 Å². The molecule has 126 valence electrons. The van der Waals surface area contributed by atoms with Gasteiger partial charge in [-0.1, -0.05) is 60.7 Å². The van der Waals surface area contributed by atoms with Crippen molar-refractivity contribution in [3.8, 4) is 0 Å². The first kappa shape index (κ1) is 16.8. The molecule has 4 nitrogen and oxygen atoms in total. The number of rotatable bonds is 6. The van der Waals surface area contributed by atoms with Crippen LogP contribution in [0.1, 0.15) is 34.9 Å². The lowest BCUT2D eigenvalue weighted by molar-refractivity contribution is -0.121. The minimum Gasteiger partial charge on any atom is -0.350 e. The molecule has 25 heavy (non-hydrogen) atoms. The smallest absolute Gasteiger partial charge is 0.221 e. The minimum atomic E-state index is 0.00831. The molecule has 3 rings (SSSR count). The number of nitrogens with one attached hydrogen (secondary N) is 1. The van der Waals surface area contributed by atoms with E-state index in [9.17, 15) is 4.79 Å². The van der Waals surface area contributed by atoms with E-state index in [0.717, 1.165) is 22.5 Å². The molecule has 0 radical (unpaired) electrons. The van der Waals surface area contributed by atoms with Crippen LogP contribution in [0.25, 0.3) is 0 Å². The first-order valence-electron chi connectivity index (χ1n) is 8.36. The maximum absolute atomic E-state index is 12.5. The van der Waals surface area contributed by atoms with Crippen molar-refractivity contribution in [2.24, 2.45) is 0 Å². The first-order chi connectivity index (χ1) is 12.2. The first-order valence-corrected chi connectivity index (χ1v) is 8.36. The van der Waals surface area contributed by atoms with E-state index in [4.69, 9.17) is 0 Å². The molecule has 1 N–H and O–H groups in total. The molecular formula is C21H21N3O. The van der Waals surface area contributed by atoms with Crippen molar-refractivity contribution < 1.29 is 4.79 Å². The van der Waals surface area contributed by atoms with Crippen LogP contribution in [-0.2, 0) is 11.3 Å². The van der Waals surface area contributed by atoms with Gasteiger partial charge in [0.1, 0.15) is 6.33 Å². The van der Waals surface area contributed by atoms with E-state index >= 15 is 0 Å². The van der Waals surface area contributed by atoms with Gasteiger partial charge in [-0.05, 0) is 24.1 Å². The van der Waals surface area contributed by atoms with Gasteiger partial charge in [0.2, 0.25) is 5.91 Å². The number of benzene rings is 2. The topological polar surface area (TPSA) is 54.9 Å². The van der Waals surface area contributed by atoms with Gasteiger partial charge < -0.3 is 5.32 Å². The largest absolute Gasteiger partial charge is 0.350 e. The summed E-state index contributed by atoms with van der Waals surface area (Å²) in [4.78, 5) is 20.8. The van der Waals surface area contributed by atoms with Crippen molar-refractivity contribution in [1.82, 2.24) is 15.3 Å². The molecule has 1 amide bonds. The van der Waals surface area contributed by atoms with E-state index in [1.807, 2.05) is 49.4 Å². The summed E-state index contributed by atoms with van der Waals surface area (Å²) >= 11 is 0. The maximum atomic E-state index is 12.5. The van der Waals surface area contributed by atoms with E-state index in [0.29, 0.717) is 13.0 Å². The van der Waals surface area contributed by atoms with Gasteiger partial charge in [-0.3, -0.25) is 4.79 Å². The summed E-state index contributed by atoms with van der Waals surface area (Å²) in [6.07, 6.45) is 1.92. The minimum absolute atomic E-state index is 0.00831. The highest BCUT2D eigenvalue weighted by Gasteiger charge is 2.17. The van der Waals surface area contributed by atoms with E-state index in [2.05, 4.69) is 39.6 Å². The van der Waals surface area contributed by atoms with Crippen molar-refractivity contribution in [3.63, 3.8) is 0 Å². The second-order valence-corrected chi connectivity index (χ2v) is 6.01. The van der Waals surface area contributed by atoms with Gasteiger partial charge in [0, 0.05) is 18.0 Å². The number of aromatic nitrogens is 2. The van der Waals surface area contributed by atoms with Crippen LogP contribution in [0.5, 0.6) is 0 Å². The molecule has 0 spiro atoms. The Morgan fingerprint density at radius 2 is 1.56 bits per heavy atom. The Bertz CT molecular complexity index is 779. The van der Waals surface area contributed by atoms with E-state index in [1.54, 1.807) is 0 Å². The van der Waals surface area contributed by atoms with Crippen LogP contribution in [0, 0.1) is 6.92 Å². The van der Waals surface area contributed by atoms with Gasteiger partial charge in [-0.25, -0.2) is 9.97 Å². The monoisotopic (exact) mass is 331 g/mol. The third-order valence-corrected chi connectivity index (χ3v) is 4.12. The Morgan fingerprint density at radius 3 is 2.12 bits per heavy atom. The van der Waals surface area contributed by atoms with Gasteiger partial charge >= 0.3 is 0 Å². The summed E-state index contributed by atoms with van der Waals surface area (Å²) < 4.78 is 0. The predicted octanol–water partition coefficient (Wildman–Crippen LogP) is 3.62. The summed E-state index contributed by atoms with van der Waals surface area (Å²) in [5.41, 5.74) is 3.99. The quantitative estimate of drug-likeness (QED) is 0.750. The Kier molecular flexibility index (Phi) is 5.52. The molecule has 1 aromatic heterocycles. The summed E-state index contributed by atoms with van der Waals surface area (Å²) in [5, 5.41) is 2.97. The van der Waals surface area contributed by atoms with Crippen LogP contribution in [0.3, 0.4) is 0 Å². The third-order valence-electron chi connectivity index (χ3n) is 4.12. The lowest BCUT2D eigenvalue weighted by Crippen LogP contribution is -2.25. The van der Waals surface area contributed by atoms with Crippen LogP contribution < -0.4 is 5.32 Å². The van der Waals surface area contributed by atoms with Crippen molar-refractivity contribution >= 4 is 5.91 Å². The fourth-order valence-electron chi connectivity index (χ4n) is 2.85. The zero-order valence-electron chi connectivity index (χ0n) is 14.2. The molecule has 1 heterocycles. The number of amides is 1. The van der Waals surface area contributed by atoms with Gasteiger partial charge in [0.25, 0.3) is 0 Å². The standard InChI is InChI=1S/C21H21N3O/c1-16-12-19(24-15-23-16)14-22-21(25)13-20(17-8-4-2-5-9-17)18-10-6-3-7-11-18/h2-12,15,20H,13-14H2,1H3,(H,22,25). The normalized spacial score (nSPS) is 10.6. The SMILES string of the molecule is Cc1cc(CNC(=O)CC(c2ccccc2)c2ccccc2)ncn1. The van der Waals surface area contributed by atoms with Crippen molar-refractivity contribution in [3.05, 3.63) is 95.6 Å². The van der Waals surface area contributed by atoms with Crippen LogP contribution in [0.4, 0.5) is 0 Å². The number of carbonyl (C=O) groups is 1.